The topological polar surface area (TPSA) is 84.9 Å². The highest BCUT2D eigenvalue weighted by Gasteiger charge is 2.26. The summed E-state index contributed by atoms with van der Waals surface area (Å²) in [6.07, 6.45) is 9.91. The van der Waals surface area contributed by atoms with Crippen LogP contribution in [0.3, 0.4) is 0 Å². The Kier molecular flexibility index (Phi) is 7.55. The van der Waals surface area contributed by atoms with Crippen molar-refractivity contribution < 1.29 is 23.0 Å². The van der Waals surface area contributed by atoms with Crippen LogP contribution < -0.4 is 14.8 Å². The van der Waals surface area contributed by atoms with Gasteiger partial charge in [-0.25, -0.2) is 8.42 Å². The summed E-state index contributed by atoms with van der Waals surface area (Å²) >= 11 is 1.57. The van der Waals surface area contributed by atoms with E-state index < -0.39 is 9.84 Å². The third-order valence-electron chi connectivity index (χ3n) is 7.08. The standard InChI is InChI=1S/C28H33NO5S2/c1-36(31,32)24-12-5-19(6-13-24)28-27(25-14-7-21(30)18-26(25)35-28)34-23-10-8-22(9-11-23)33-17-15-20-4-2-3-16-29-20/h5,7-11,14,18,20,24,29-30H,2-4,6,12-13,15-17H2,1H3. The van der Waals surface area contributed by atoms with E-state index in [9.17, 15) is 13.5 Å². The monoisotopic (exact) mass is 527 g/mol. The van der Waals surface area contributed by atoms with Gasteiger partial charge in [-0.3, -0.25) is 0 Å². The van der Waals surface area contributed by atoms with E-state index in [1.54, 1.807) is 23.5 Å². The van der Waals surface area contributed by atoms with Gasteiger partial charge < -0.3 is 19.9 Å². The lowest BCUT2D eigenvalue weighted by Crippen LogP contribution is -2.35. The van der Waals surface area contributed by atoms with Gasteiger partial charge in [0.25, 0.3) is 0 Å². The van der Waals surface area contributed by atoms with Crippen molar-refractivity contribution in [1.29, 1.82) is 0 Å². The predicted molar refractivity (Wildman–Crippen MR) is 146 cm³/mol. The summed E-state index contributed by atoms with van der Waals surface area (Å²) in [5.41, 5.74) is 1.10. The lowest BCUT2D eigenvalue weighted by molar-refractivity contribution is 0.268. The second-order valence-electron chi connectivity index (χ2n) is 9.75. The molecule has 1 aliphatic heterocycles. The van der Waals surface area contributed by atoms with Gasteiger partial charge in [0.1, 0.15) is 17.2 Å². The van der Waals surface area contributed by atoms with Crippen LogP contribution in [0.1, 0.15) is 49.8 Å². The van der Waals surface area contributed by atoms with Gasteiger partial charge >= 0.3 is 0 Å². The fraction of sp³-hybridized carbons (Fsp3) is 0.429. The molecular weight excluding hydrogens is 494 g/mol. The van der Waals surface area contributed by atoms with E-state index >= 15 is 0 Å². The average molecular weight is 528 g/mol. The van der Waals surface area contributed by atoms with Crippen molar-refractivity contribution in [3.05, 3.63) is 53.4 Å². The SMILES string of the molecule is CS(=O)(=O)C1CC=C(c2sc3cc(O)ccc3c2Oc2ccc(OCCC3CCCCN3)cc2)CC1. The number of thiophene rings is 1. The van der Waals surface area contributed by atoms with E-state index in [2.05, 4.69) is 5.32 Å². The molecule has 2 unspecified atom stereocenters. The Bertz CT molecular complexity index is 1340. The number of hydrogen-bond donors (Lipinski definition) is 2. The van der Waals surface area contributed by atoms with Crippen LogP contribution in [0.4, 0.5) is 0 Å². The molecule has 1 aromatic heterocycles. The molecule has 0 spiro atoms. The minimum atomic E-state index is -3.06. The van der Waals surface area contributed by atoms with E-state index in [0.717, 1.165) is 45.0 Å². The summed E-state index contributed by atoms with van der Waals surface area (Å²) in [5, 5.41) is 14.2. The molecule has 36 heavy (non-hydrogen) atoms. The third kappa shape index (κ3) is 5.88. The van der Waals surface area contributed by atoms with E-state index in [4.69, 9.17) is 9.47 Å². The molecule has 0 radical (unpaired) electrons. The average Bonchev–Trinajstić information content (AvgIpc) is 3.22. The maximum atomic E-state index is 12.0. The molecule has 1 aliphatic carbocycles. The smallest absolute Gasteiger partial charge is 0.153 e. The van der Waals surface area contributed by atoms with Gasteiger partial charge in [-0.15, -0.1) is 11.3 Å². The minimum Gasteiger partial charge on any atom is -0.508 e. The number of hydrogen-bond acceptors (Lipinski definition) is 7. The number of nitrogens with one attached hydrogen (secondary N) is 1. The van der Waals surface area contributed by atoms with Crippen LogP contribution in [0.25, 0.3) is 15.7 Å². The van der Waals surface area contributed by atoms with Crippen LogP contribution >= 0.6 is 11.3 Å². The molecule has 192 valence electrons. The van der Waals surface area contributed by atoms with E-state index in [-0.39, 0.29) is 11.0 Å². The van der Waals surface area contributed by atoms with E-state index in [1.807, 2.05) is 36.4 Å². The highest BCUT2D eigenvalue weighted by Crippen LogP contribution is 2.47. The van der Waals surface area contributed by atoms with Gasteiger partial charge in [-0.2, -0.15) is 0 Å². The van der Waals surface area contributed by atoms with Crippen LogP contribution in [0.15, 0.2) is 48.5 Å². The molecule has 0 saturated carbocycles. The first kappa shape index (κ1) is 25.1. The number of rotatable bonds is 8. The molecule has 8 heteroatoms. The molecule has 2 N–H and O–H groups in total. The maximum Gasteiger partial charge on any atom is 0.153 e. The molecule has 3 aromatic rings. The summed E-state index contributed by atoms with van der Waals surface area (Å²) in [6, 6.07) is 13.5. The number of aromatic hydroxyl groups is 1. The summed E-state index contributed by atoms with van der Waals surface area (Å²) < 4.78 is 37.3. The van der Waals surface area contributed by atoms with Crippen LogP contribution in [0, 0.1) is 0 Å². The van der Waals surface area contributed by atoms with Crippen molar-refractivity contribution in [3.8, 4) is 23.0 Å². The Morgan fingerprint density at radius 2 is 1.89 bits per heavy atom. The van der Waals surface area contributed by atoms with Crippen molar-refractivity contribution in [2.45, 2.75) is 56.2 Å². The Labute approximate surface area is 216 Å². The van der Waals surface area contributed by atoms with Crippen molar-refractivity contribution in [3.63, 3.8) is 0 Å². The quantitative estimate of drug-likeness (QED) is 0.358. The number of allylic oxidation sites excluding steroid dienone is 2. The van der Waals surface area contributed by atoms with E-state index in [1.165, 1.54) is 25.5 Å². The Morgan fingerprint density at radius 3 is 2.58 bits per heavy atom. The van der Waals surface area contributed by atoms with Crippen molar-refractivity contribution in [2.75, 3.05) is 19.4 Å². The zero-order chi connectivity index (χ0) is 25.1. The number of ether oxygens (including phenoxy) is 2. The molecule has 0 bridgehead atoms. The Hall–Kier alpha value is -2.55. The molecule has 2 atom stereocenters. The first-order valence-corrected chi connectivity index (χ1v) is 15.4. The van der Waals surface area contributed by atoms with Crippen LogP contribution in [0.5, 0.6) is 23.0 Å². The molecule has 0 amide bonds. The second kappa shape index (κ2) is 10.8. The number of phenols is 1. The van der Waals surface area contributed by atoms with Crippen molar-refractivity contribution in [2.24, 2.45) is 0 Å². The number of fused-ring (bicyclic) bond motifs is 1. The molecule has 6 nitrogen and oxygen atoms in total. The highest BCUT2D eigenvalue weighted by molar-refractivity contribution is 7.91. The second-order valence-corrected chi connectivity index (χ2v) is 13.1. The van der Waals surface area contributed by atoms with Crippen LogP contribution in [-0.2, 0) is 9.84 Å². The molecule has 2 aromatic carbocycles. The molecule has 1 saturated heterocycles. The summed E-state index contributed by atoms with van der Waals surface area (Å²) in [7, 11) is -3.06. The normalized spacial score (nSPS) is 20.8. The number of sulfone groups is 1. The lowest BCUT2D eigenvalue weighted by atomic mass is 9.97. The fourth-order valence-corrected chi connectivity index (χ4v) is 7.21. The predicted octanol–water partition coefficient (Wildman–Crippen LogP) is 6.29. The largest absolute Gasteiger partial charge is 0.508 e. The first-order valence-electron chi connectivity index (χ1n) is 12.6. The van der Waals surface area contributed by atoms with Gasteiger partial charge in [0.2, 0.25) is 0 Å². The van der Waals surface area contributed by atoms with Gasteiger partial charge in [0.15, 0.2) is 15.6 Å². The summed E-state index contributed by atoms with van der Waals surface area (Å²) in [5.74, 6) is 2.48. The minimum absolute atomic E-state index is 0.210. The third-order valence-corrected chi connectivity index (χ3v) is 9.93. The van der Waals surface area contributed by atoms with Crippen molar-refractivity contribution >= 4 is 36.8 Å². The molecule has 2 heterocycles. The van der Waals surface area contributed by atoms with E-state index in [0.29, 0.717) is 37.7 Å². The first-order chi connectivity index (χ1) is 17.4. The van der Waals surface area contributed by atoms with Crippen LogP contribution in [-0.4, -0.2) is 44.2 Å². The summed E-state index contributed by atoms with van der Waals surface area (Å²) in [4.78, 5) is 0.989. The van der Waals surface area contributed by atoms with Gasteiger partial charge in [-0.1, -0.05) is 12.5 Å². The maximum absolute atomic E-state index is 12.0. The zero-order valence-corrected chi connectivity index (χ0v) is 22.2. The zero-order valence-electron chi connectivity index (χ0n) is 20.5. The number of phenolic OH excluding ortho intramolecular Hbond substituents is 1. The number of piperidine rings is 1. The number of benzene rings is 2. The van der Waals surface area contributed by atoms with Crippen LogP contribution in [0.2, 0.25) is 0 Å². The summed E-state index contributed by atoms with van der Waals surface area (Å²) in [6.45, 7) is 1.79. The molecule has 5 rings (SSSR count). The highest BCUT2D eigenvalue weighted by atomic mass is 32.2. The molecule has 1 fully saturated rings. The Morgan fingerprint density at radius 1 is 1.08 bits per heavy atom. The van der Waals surface area contributed by atoms with Gasteiger partial charge in [0, 0.05) is 22.4 Å². The fourth-order valence-electron chi connectivity index (χ4n) is 4.99. The van der Waals surface area contributed by atoms with Gasteiger partial charge in [0.05, 0.1) is 16.7 Å². The molecule has 2 aliphatic rings. The lowest BCUT2D eigenvalue weighted by Gasteiger charge is -2.23. The Balaban J connectivity index is 1.32. The van der Waals surface area contributed by atoms with Crippen molar-refractivity contribution in [1.82, 2.24) is 5.32 Å². The molecular formula is C28H33NO5S2. The van der Waals surface area contributed by atoms with Gasteiger partial charge in [-0.05, 0) is 93.1 Å².